The second kappa shape index (κ2) is 5.52. The standard InChI is InChI=1S/C13H21NO3/c15-12(10-8-11(10)13(16)17)14-7-3-6-9-4-1-2-5-9/h9-11H,1-8H2,(H,14,15)(H,16,17)/t10-,11+/m1/s1. The highest BCUT2D eigenvalue weighted by molar-refractivity contribution is 5.89. The zero-order valence-corrected chi connectivity index (χ0v) is 10.2. The van der Waals surface area contributed by atoms with E-state index in [9.17, 15) is 9.59 Å². The Labute approximate surface area is 102 Å². The maximum absolute atomic E-state index is 11.5. The Hall–Kier alpha value is -1.06. The third kappa shape index (κ3) is 3.45. The number of amides is 1. The minimum atomic E-state index is -0.837. The molecule has 0 bridgehead atoms. The lowest BCUT2D eigenvalue weighted by Crippen LogP contribution is -2.27. The van der Waals surface area contributed by atoms with Crippen LogP contribution in [-0.4, -0.2) is 23.5 Å². The highest BCUT2D eigenvalue weighted by Crippen LogP contribution is 2.38. The van der Waals surface area contributed by atoms with Gasteiger partial charge in [0.05, 0.1) is 11.8 Å². The maximum Gasteiger partial charge on any atom is 0.307 e. The molecule has 2 N–H and O–H groups in total. The lowest BCUT2D eigenvalue weighted by atomic mass is 10.0. The van der Waals surface area contributed by atoms with Crippen LogP contribution in [0.2, 0.25) is 0 Å². The second-order valence-electron chi connectivity index (χ2n) is 5.37. The SMILES string of the molecule is O=C(O)[C@H]1C[C@H]1C(=O)NCCCC1CCCC1. The third-order valence-electron chi connectivity index (χ3n) is 4.01. The first-order valence-electron chi connectivity index (χ1n) is 6.69. The Balaban J connectivity index is 1.53. The van der Waals surface area contributed by atoms with E-state index < -0.39 is 11.9 Å². The number of carboxylic acids is 1. The molecule has 96 valence electrons. The minimum absolute atomic E-state index is 0.0659. The first-order valence-corrected chi connectivity index (χ1v) is 6.69. The van der Waals surface area contributed by atoms with E-state index in [4.69, 9.17) is 5.11 Å². The first kappa shape index (κ1) is 12.4. The lowest BCUT2D eigenvalue weighted by molar-refractivity contribution is -0.140. The van der Waals surface area contributed by atoms with Gasteiger partial charge >= 0.3 is 5.97 Å². The second-order valence-corrected chi connectivity index (χ2v) is 5.37. The molecule has 0 spiro atoms. The Morgan fingerprint density at radius 2 is 1.88 bits per heavy atom. The molecule has 0 aromatic carbocycles. The fraction of sp³-hybridized carbons (Fsp3) is 0.846. The monoisotopic (exact) mass is 239 g/mol. The van der Waals surface area contributed by atoms with E-state index in [2.05, 4.69) is 5.32 Å². The molecule has 1 amide bonds. The summed E-state index contributed by atoms with van der Waals surface area (Å²) in [6.45, 7) is 0.707. The van der Waals surface area contributed by atoms with Crippen LogP contribution in [0.5, 0.6) is 0 Å². The van der Waals surface area contributed by atoms with E-state index in [1.165, 1.54) is 32.1 Å². The van der Waals surface area contributed by atoms with Gasteiger partial charge in [0.15, 0.2) is 0 Å². The maximum atomic E-state index is 11.5. The number of rotatable bonds is 6. The fourth-order valence-corrected chi connectivity index (χ4v) is 2.79. The van der Waals surface area contributed by atoms with E-state index in [0.717, 1.165) is 12.3 Å². The van der Waals surface area contributed by atoms with Crippen LogP contribution in [0.3, 0.4) is 0 Å². The van der Waals surface area contributed by atoms with Gasteiger partial charge in [0.25, 0.3) is 0 Å². The molecule has 0 saturated heterocycles. The number of hydrogen-bond donors (Lipinski definition) is 2. The Kier molecular flexibility index (Phi) is 4.02. The first-order chi connectivity index (χ1) is 8.18. The topological polar surface area (TPSA) is 66.4 Å². The van der Waals surface area contributed by atoms with Crippen molar-refractivity contribution in [1.29, 1.82) is 0 Å². The van der Waals surface area contributed by atoms with Gasteiger partial charge in [-0.1, -0.05) is 25.7 Å². The highest BCUT2D eigenvalue weighted by Gasteiger charge is 2.48. The summed E-state index contributed by atoms with van der Waals surface area (Å²) in [6, 6.07) is 0. The predicted molar refractivity (Wildman–Crippen MR) is 63.4 cm³/mol. The predicted octanol–water partition coefficient (Wildman–Crippen LogP) is 1.79. The molecule has 4 nitrogen and oxygen atoms in total. The highest BCUT2D eigenvalue weighted by atomic mass is 16.4. The summed E-state index contributed by atoms with van der Waals surface area (Å²) >= 11 is 0. The summed E-state index contributed by atoms with van der Waals surface area (Å²) in [5.74, 6) is -0.733. The van der Waals surface area contributed by atoms with Gasteiger partial charge in [0.2, 0.25) is 5.91 Å². The Morgan fingerprint density at radius 3 is 2.47 bits per heavy atom. The molecule has 2 saturated carbocycles. The molecule has 2 fully saturated rings. The van der Waals surface area contributed by atoms with Gasteiger partial charge in [-0.05, 0) is 25.2 Å². The van der Waals surface area contributed by atoms with Crippen LogP contribution < -0.4 is 5.32 Å². The zero-order chi connectivity index (χ0) is 12.3. The molecule has 2 rings (SSSR count). The van der Waals surface area contributed by atoms with Gasteiger partial charge in [-0.3, -0.25) is 9.59 Å². The number of carboxylic acid groups (broad SMARTS) is 1. The van der Waals surface area contributed by atoms with Gasteiger partial charge in [0.1, 0.15) is 0 Å². The summed E-state index contributed by atoms with van der Waals surface area (Å²) in [4.78, 5) is 22.1. The van der Waals surface area contributed by atoms with Crippen LogP contribution in [-0.2, 0) is 9.59 Å². The molecule has 0 aromatic rings. The van der Waals surface area contributed by atoms with E-state index in [-0.39, 0.29) is 11.8 Å². The fourth-order valence-electron chi connectivity index (χ4n) is 2.79. The van der Waals surface area contributed by atoms with Gasteiger partial charge in [-0.25, -0.2) is 0 Å². The third-order valence-corrected chi connectivity index (χ3v) is 4.01. The summed E-state index contributed by atoms with van der Waals surface area (Å²) in [7, 11) is 0. The lowest BCUT2D eigenvalue weighted by Gasteiger charge is -2.09. The number of aliphatic carboxylic acids is 1. The van der Waals surface area contributed by atoms with Gasteiger partial charge in [-0.2, -0.15) is 0 Å². The van der Waals surface area contributed by atoms with Crippen molar-refractivity contribution >= 4 is 11.9 Å². The van der Waals surface area contributed by atoms with Crippen molar-refractivity contribution < 1.29 is 14.7 Å². The van der Waals surface area contributed by atoms with Crippen LogP contribution in [0.1, 0.15) is 44.9 Å². The average molecular weight is 239 g/mol. The molecule has 17 heavy (non-hydrogen) atoms. The van der Waals surface area contributed by atoms with Gasteiger partial charge in [0, 0.05) is 6.54 Å². The van der Waals surface area contributed by atoms with E-state index >= 15 is 0 Å². The largest absolute Gasteiger partial charge is 0.481 e. The molecule has 2 aliphatic carbocycles. The van der Waals surface area contributed by atoms with Crippen molar-refractivity contribution in [3.05, 3.63) is 0 Å². The van der Waals surface area contributed by atoms with Gasteiger partial charge in [-0.15, -0.1) is 0 Å². The molecule has 0 aliphatic heterocycles. The summed E-state index contributed by atoms with van der Waals surface area (Å²) in [6.07, 6.45) is 8.16. The Bertz CT molecular complexity index is 297. The van der Waals surface area contributed by atoms with Gasteiger partial charge < -0.3 is 10.4 Å². The summed E-state index contributed by atoms with van der Waals surface area (Å²) in [5.41, 5.74) is 0. The molecular weight excluding hydrogens is 218 g/mol. The molecule has 0 heterocycles. The molecule has 0 radical (unpaired) electrons. The molecule has 2 aliphatic rings. The molecule has 2 atom stereocenters. The minimum Gasteiger partial charge on any atom is -0.481 e. The zero-order valence-electron chi connectivity index (χ0n) is 10.2. The van der Waals surface area contributed by atoms with Crippen molar-refractivity contribution in [2.24, 2.45) is 17.8 Å². The van der Waals surface area contributed by atoms with E-state index in [1.807, 2.05) is 0 Å². The normalized spacial score (nSPS) is 28.0. The quantitative estimate of drug-likeness (QED) is 0.694. The van der Waals surface area contributed by atoms with Crippen LogP contribution in [0.15, 0.2) is 0 Å². The number of carbonyl (C=O) groups excluding carboxylic acids is 1. The van der Waals surface area contributed by atoms with Crippen molar-refractivity contribution in [2.45, 2.75) is 44.9 Å². The van der Waals surface area contributed by atoms with Crippen molar-refractivity contribution in [1.82, 2.24) is 5.32 Å². The smallest absolute Gasteiger partial charge is 0.307 e. The van der Waals surface area contributed by atoms with Crippen LogP contribution >= 0.6 is 0 Å². The summed E-state index contributed by atoms with van der Waals surface area (Å²) < 4.78 is 0. The molecular formula is C13H21NO3. The van der Waals surface area contributed by atoms with Crippen LogP contribution in [0.25, 0.3) is 0 Å². The van der Waals surface area contributed by atoms with E-state index in [1.54, 1.807) is 0 Å². The Morgan fingerprint density at radius 1 is 1.18 bits per heavy atom. The number of hydrogen-bond acceptors (Lipinski definition) is 2. The van der Waals surface area contributed by atoms with Crippen LogP contribution in [0, 0.1) is 17.8 Å². The molecule has 0 unspecified atom stereocenters. The van der Waals surface area contributed by atoms with Crippen LogP contribution in [0.4, 0.5) is 0 Å². The van der Waals surface area contributed by atoms with Crippen molar-refractivity contribution in [3.63, 3.8) is 0 Å². The number of nitrogens with one attached hydrogen (secondary N) is 1. The average Bonchev–Trinajstić information content (AvgIpc) is 2.95. The number of carbonyl (C=O) groups is 2. The van der Waals surface area contributed by atoms with Crippen molar-refractivity contribution in [3.8, 4) is 0 Å². The molecule has 0 aromatic heterocycles. The van der Waals surface area contributed by atoms with Crippen molar-refractivity contribution in [2.75, 3.05) is 6.54 Å². The van der Waals surface area contributed by atoms with E-state index in [0.29, 0.717) is 13.0 Å². The molecule has 4 heteroatoms. The summed E-state index contributed by atoms with van der Waals surface area (Å²) in [5, 5.41) is 11.6.